The molecule has 0 spiro atoms. The number of nitrogens with two attached hydrogens (primary N) is 1. The van der Waals surface area contributed by atoms with E-state index in [4.69, 9.17) is 3.96 Å². The van der Waals surface area contributed by atoms with Crippen molar-refractivity contribution in [2.75, 3.05) is 0 Å². The Morgan fingerprint density at radius 2 is 0.700 bits per heavy atom. The van der Waals surface area contributed by atoms with Crippen molar-refractivity contribution in [1.82, 2.24) is 0 Å². The quantitative estimate of drug-likeness (QED) is 0.701. The number of hydrogen-bond acceptors (Lipinski definition) is 1. The fraction of sp³-hybridized carbons (Fsp3) is 0. The first kappa shape index (κ1) is 13.4. The second-order valence-corrected chi connectivity index (χ2v) is 14.5. The molecule has 0 unspecified atom stereocenters. The monoisotopic (exact) mass is 367 g/mol. The summed E-state index contributed by atoms with van der Waals surface area (Å²) in [7, 11) is 0. The zero-order valence-electron chi connectivity index (χ0n) is 11.2. The molecule has 1 nitrogen and oxygen atoms in total. The molecule has 0 heterocycles. The normalized spacial score (nSPS) is 11.2. The zero-order valence-corrected chi connectivity index (χ0v) is 14.1. The van der Waals surface area contributed by atoms with Crippen LogP contribution >= 0.6 is 0 Å². The molecule has 2 N–H and O–H groups in total. The topological polar surface area (TPSA) is 26.0 Å². The van der Waals surface area contributed by atoms with Gasteiger partial charge in [0.25, 0.3) is 0 Å². The van der Waals surface area contributed by atoms with E-state index in [1.165, 1.54) is 10.7 Å². The molecule has 0 saturated heterocycles. The Bertz CT molecular complexity index is 569. The van der Waals surface area contributed by atoms with Gasteiger partial charge in [-0.2, -0.15) is 0 Å². The summed E-state index contributed by atoms with van der Waals surface area (Å²) in [5.41, 5.74) is 0. The summed E-state index contributed by atoms with van der Waals surface area (Å²) in [6, 6.07) is 31.7. The van der Waals surface area contributed by atoms with E-state index in [-0.39, 0.29) is 0 Å². The summed E-state index contributed by atoms with van der Waals surface area (Å²) in [6.45, 7) is 0. The maximum atomic E-state index is 7.07. The van der Waals surface area contributed by atoms with Crippen molar-refractivity contribution in [1.29, 1.82) is 0 Å². The molecule has 3 aromatic carbocycles. The standard InChI is InChI=1S/3C6H5.H2N.Sn/c3*1-2-4-6-5-3-1;;/h3*1-5H;1H2;/q;;;-1;+1. The van der Waals surface area contributed by atoms with Crippen molar-refractivity contribution < 1.29 is 0 Å². The summed E-state index contributed by atoms with van der Waals surface area (Å²) < 4.78 is 11.0. The minimum absolute atomic E-state index is 1.30. The summed E-state index contributed by atoms with van der Waals surface area (Å²) in [4.78, 5) is 0. The molecular formula is C18H17NSn. The Balaban J connectivity index is 2.24. The third-order valence-corrected chi connectivity index (χ3v) is 14.3. The van der Waals surface area contributed by atoms with Gasteiger partial charge in [0.1, 0.15) is 0 Å². The Kier molecular flexibility index (Phi) is 3.90. The van der Waals surface area contributed by atoms with Gasteiger partial charge < -0.3 is 0 Å². The molecule has 20 heavy (non-hydrogen) atoms. The molecule has 0 fully saturated rings. The predicted molar refractivity (Wildman–Crippen MR) is 88.2 cm³/mol. The van der Waals surface area contributed by atoms with Crippen LogP contribution in [0.1, 0.15) is 0 Å². The van der Waals surface area contributed by atoms with Crippen LogP contribution in [-0.2, 0) is 0 Å². The first-order valence-corrected chi connectivity index (χ1v) is 12.7. The molecule has 0 aromatic heterocycles. The van der Waals surface area contributed by atoms with Gasteiger partial charge in [-0.15, -0.1) is 0 Å². The van der Waals surface area contributed by atoms with Gasteiger partial charge in [0, 0.05) is 0 Å². The van der Waals surface area contributed by atoms with Gasteiger partial charge in [0.05, 0.1) is 0 Å². The molecule has 3 rings (SSSR count). The van der Waals surface area contributed by atoms with E-state index in [0.717, 1.165) is 0 Å². The van der Waals surface area contributed by atoms with E-state index >= 15 is 0 Å². The Labute approximate surface area is 124 Å². The van der Waals surface area contributed by atoms with Gasteiger partial charge in [-0.1, -0.05) is 0 Å². The average molecular weight is 366 g/mol. The molecule has 0 aliphatic carbocycles. The zero-order chi connectivity index (χ0) is 13.8. The molecule has 2 heteroatoms. The van der Waals surface area contributed by atoms with E-state index in [0.29, 0.717) is 0 Å². The molecule has 0 aliphatic rings. The third kappa shape index (κ3) is 2.39. The van der Waals surface area contributed by atoms with Crippen LogP contribution in [0.15, 0.2) is 91.0 Å². The average Bonchev–Trinajstić information content (AvgIpc) is 2.56. The van der Waals surface area contributed by atoms with E-state index in [1.54, 1.807) is 0 Å². The van der Waals surface area contributed by atoms with Gasteiger partial charge in [0.2, 0.25) is 0 Å². The van der Waals surface area contributed by atoms with Crippen molar-refractivity contribution in [3.8, 4) is 0 Å². The fourth-order valence-electron chi connectivity index (χ4n) is 2.60. The molecular weight excluding hydrogens is 349 g/mol. The van der Waals surface area contributed by atoms with Crippen LogP contribution in [0.2, 0.25) is 0 Å². The first-order valence-electron chi connectivity index (χ1n) is 6.77. The third-order valence-electron chi connectivity index (χ3n) is 3.69. The van der Waals surface area contributed by atoms with Gasteiger partial charge in [-0.05, 0) is 0 Å². The Morgan fingerprint density at radius 1 is 0.450 bits per heavy atom. The molecule has 0 saturated carbocycles. The van der Waals surface area contributed by atoms with Crippen molar-refractivity contribution >= 4 is 29.4 Å². The second kappa shape index (κ2) is 5.81. The Morgan fingerprint density at radius 3 is 0.950 bits per heavy atom. The Hall–Kier alpha value is -1.58. The fourth-order valence-corrected chi connectivity index (χ4v) is 11.6. The molecule has 98 valence electrons. The van der Waals surface area contributed by atoms with Crippen LogP contribution < -0.4 is 14.7 Å². The van der Waals surface area contributed by atoms with Gasteiger partial charge in [-0.3, -0.25) is 0 Å². The van der Waals surface area contributed by atoms with Crippen molar-refractivity contribution in [2.24, 2.45) is 3.96 Å². The summed E-state index contributed by atoms with van der Waals surface area (Å²) in [5, 5.41) is 0. The SMILES string of the molecule is [NH2][Sn]([c]1ccccc1)([c]1ccccc1)[c]1ccccc1. The maximum absolute atomic E-state index is 7.07. The van der Waals surface area contributed by atoms with Crippen molar-refractivity contribution in [3.05, 3.63) is 91.0 Å². The van der Waals surface area contributed by atoms with E-state index < -0.39 is 18.7 Å². The molecule has 0 aliphatic heterocycles. The summed E-state index contributed by atoms with van der Waals surface area (Å²) in [5.74, 6) is 0. The van der Waals surface area contributed by atoms with Crippen molar-refractivity contribution in [2.45, 2.75) is 0 Å². The predicted octanol–water partition coefficient (Wildman–Crippen LogP) is 1.61. The minimum atomic E-state index is -3.28. The molecule has 0 bridgehead atoms. The van der Waals surface area contributed by atoms with E-state index in [1.807, 2.05) is 18.2 Å². The summed E-state index contributed by atoms with van der Waals surface area (Å²) in [6.07, 6.45) is 0. The van der Waals surface area contributed by atoms with Crippen LogP contribution in [-0.4, -0.2) is 18.7 Å². The molecule has 0 atom stereocenters. The first-order chi connectivity index (χ1) is 9.82. The van der Waals surface area contributed by atoms with Crippen molar-refractivity contribution in [3.63, 3.8) is 0 Å². The summed E-state index contributed by atoms with van der Waals surface area (Å²) >= 11 is -3.28. The van der Waals surface area contributed by atoms with Crippen LogP contribution in [0.3, 0.4) is 0 Å². The van der Waals surface area contributed by atoms with Crippen LogP contribution in [0.4, 0.5) is 0 Å². The second-order valence-electron chi connectivity index (χ2n) is 4.91. The molecule has 0 radical (unpaired) electrons. The van der Waals surface area contributed by atoms with Gasteiger partial charge in [-0.25, -0.2) is 0 Å². The van der Waals surface area contributed by atoms with Crippen LogP contribution in [0, 0.1) is 0 Å². The van der Waals surface area contributed by atoms with Gasteiger partial charge >= 0.3 is 124 Å². The van der Waals surface area contributed by atoms with Crippen LogP contribution in [0.25, 0.3) is 0 Å². The molecule has 0 amide bonds. The van der Waals surface area contributed by atoms with E-state index in [9.17, 15) is 0 Å². The molecule has 3 aromatic rings. The number of rotatable bonds is 3. The number of benzene rings is 3. The van der Waals surface area contributed by atoms with E-state index in [2.05, 4.69) is 72.8 Å². The van der Waals surface area contributed by atoms with Crippen LogP contribution in [0.5, 0.6) is 0 Å². The number of hydrogen-bond donors (Lipinski definition) is 1. The van der Waals surface area contributed by atoms with Gasteiger partial charge in [0.15, 0.2) is 0 Å².